The number of hydrogen-bond acceptors (Lipinski definition) is 2. The first-order valence-corrected chi connectivity index (χ1v) is 8.45. The van der Waals surface area contributed by atoms with Crippen LogP contribution in [0.25, 0.3) is 0 Å². The van der Waals surface area contributed by atoms with Gasteiger partial charge >= 0.3 is 0 Å². The van der Waals surface area contributed by atoms with Crippen LogP contribution in [0.15, 0.2) is 11.8 Å². The van der Waals surface area contributed by atoms with Crippen LogP contribution in [-0.2, 0) is 4.79 Å². The lowest BCUT2D eigenvalue weighted by Crippen LogP contribution is -2.27. The van der Waals surface area contributed by atoms with Gasteiger partial charge in [0.05, 0.1) is 5.76 Å². The van der Waals surface area contributed by atoms with Gasteiger partial charge in [0.25, 0.3) is 0 Å². The van der Waals surface area contributed by atoms with E-state index in [1.807, 2.05) is 0 Å². The average Bonchev–Trinajstić information content (AvgIpc) is 2.26. The van der Waals surface area contributed by atoms with Gasteiger partial charge in [0, 0.05) is 17.9 Å². The average molecular weight is 296 g/mol. The summed E-state index contributed by atoms with van der Waals surface area (Å²) in [6, 6.07) is 0. The molecular weight excluding hydrogens is 260 g/mol. The van der Waals surface area contributed by atoms with Crippen molar-refractivity contribution in [2.75, 3.05) is 0 Å². The molecule has 0 aliphatic heterocycles. The van der Waals surface area contributed by atoms with E-state index in [-0.39, 0.29) is 23.4 Å². The lowest BCUT2D eigenvalue weighted by atomic mass is 9.76. The molecule has 2 unspecified atom stereocenters. The Labute approximate surface area is 132 Å². The summed E-state index contributed by atoms with van der Waals surface area (Å²) in [5.41, 5.74) is 0. The smallest absolute Gasteiger partial charge is 0.162 e. The first kappa shape index (κ1) is 20.2. The number of carbonyl (C=O) groups is 1. The molecule has 0 amide bonds. The van der Waals surface area contributed by atoms with E-state index in [1.54, 1.807) is 0 Å². The molecule has 0 saturated heterocycles. The Bertz CT molecular complexity index is 343. The number of rotatable bonds is 8. The summed E-state index contributed by atoms with van der Waals surface area (Å²) in [4.78, 5) is 12.5. The van der Waals surface area contributed by atoms with Gasteiger partial charge in [-0.3, -0.25) is 4.79 Å². The van der Waals surface area contributed by atoms with Gasteiger partial charge < -0.3 is 5.11 Å². The summed E-state index contributed by atoms with van der Waals surface area (Å²) in [5, 5.41) is 10.5. The zero-order valence-corrected chi connectivity index (χ0v) is 15.5. The number of hydrogen-bond donors (Lipinski definition) is 1. The van der Waals surface area contributed by atoms with Gasteiger partial charge in [-0.25, -0.2) is 0 Å². The Morgan fingerprint density at radius 1 is 0.714 bits per heavy atom. The highest BCUT2D eigenvalue weighted by atomic mass is 16.3. The highest BCUT2D eigenvalue weighted by Gasteiger charge is 2.29. The Morgan fingerprint density at radius 3 is 1.38 bits per heavy atom. The lowest BCUT2D eigenvalue weighted by Gasteiger charge is -2.30. The van der Waals surface area contributed by atoms with Crippen LogP contribution in [0.4, 0.5) is 0 Å². The zero-order valence-electron chi connectivity index (χ0n) is 15.5. The molecule has 0 aliphatic carbocycles. The van der Waals surface area contributed by atoms with Crippen molar-refractivity contribution < 1.29 is 9.90 Å². The molecule has 0 spiro atoms. The highest BCUT2D eigenvalue weighted by Crippen LogP contribution is 2.32. The summed E-state index contributed by atoms with van der Waals surface area (Å²) < 4.78 is 0. The van der Waals surface area contributed by atoms with E-state index in [1.165, 1.54) is 6.08 Å². The molecular formula is C19H36O2. The quantitative estimate of drug-likeness (QED) is 0.475. The molecule has 2 nitrogen and oxygen atoms in total. The molecule has 2 heteroatoms. The SMILES string of the molecule is CC(C)C(C)C(C(O)=CC(=O)C(C(C)C)C(C)C)C(C)C. The zero-order chi connectivity index (χ0) is 16.9. The Hall–Kier alpha value is -0.790. The Kier molecular flexibility index (Phi) is 8.28. The highest BCUT2D eigenvalue weighted by molar-refractivity contribution is 5.92. The second-order valence-electron chi connectivity index (χ2n) is 7.86. The fourth-order valence-electron chi connectivity index (χ4n) is 3.40. The van der Waals surface area contributed by atoms with Crippen LogP contribution in [-0.4, -0.2) is 10.9 Å². The maximum atomic E-state index is 12.5. The first-order valence-electron chi connectivity index (χ1n) is 8.45. The van der Waals surface area contributed by atoms with E-state index < -0.39 is 0 Å². The Morgan fingerprint density at radius 2 is 1.10 bits per heavy atom. The van der Waals surface area contributed by atoms with Crippen LogP contribution in [0.5, 0.6) is 0 Å². The molecule has 2 atom stereocenters. The van der Waals surface area contributed by atoms with Crippen molar-refractivity contribution in [2.45, 2.75) is 62.3 Å². The number of allylic oxidation sites excluding steroid dienone is 2. The number of aliphatic hydroxyl groups is 1. The summed E-state index contributed by atoms with van der Waals surface area (Å²) in [6.45, 7) is 19.0. The van der Waals surface area contributed by atoms with Crippen molar-refractivity contribution in [2.24, 2.45) is 41.4 Å². The normalized spacial score (nSPS) is 16.4. The second kappa shape index (κ2) is 8.60. The van der Waals surface area contributed by atoms with E-state index in [0.29, 0.717) is 29.6 Å². The fraction of sp³-hybridized carbons (Fsp3) is 0.842. The van der Waals surface area contributed by atoms with Crippen molar-refractivity contribution in [3.63, 3.8) is 0 Å². The second-order valence-corrected chi connectivity index (χ2v) is 7.86. The molecule has 0 aromatic rings. The molecule has 0 heterocycles. The minimum Gasteiger partial charge on any atom is -0.512 e. The van der Waals surface area contributed by atoms with Crippen LogP contribution < -0.4 is 0 Å². The van der Waals surface area contributed by atoms with Crippen molar-refractivity contribution in [1.29, 1.82) is 0 Å². The van der Waals surface area contributed by atoms with E-state index in [9.17, 15) is 9.90 Å². The van der Waals surface area contributed by atoms with E-state index >= 15 is 0 Å². The predicted molar refractivity (Wildman–Crippen MR) is 91.2 cm³/mol. The van der Waals surface area contributed by atoms with Crippen LogP contribution in [0.1, 0.15) is 62.3 Å². The van der Waals surface area contributed by atoms with Crippen molar-refractivity contribution in [3.05, 3.63) is 11.8 Å². The molecule has 0 fully saturated rings. The van der Waals surface area contributed by atoms with Crippen LogP contribution in [0.3, 0.4) is 0 Å². The molecule has 124 valence electrons. The third-order valence-electron chi connectivity index (χ3n) is 4.73. The molecule has 21 heavy (non-hydrogen) atoms. The van der Waals surface area contributed by atoms with E-state index in [4.69, 9.17) is 0 Å². The van der Waals surface area contributed by atoms with Gasteiger partial charge in [-0.1, -0.05) is 62.3 Å². The van der Waals surface area contributed by atoms with Crippen LogP contribution in [0, 0.1) is 41.4 Å². The molecule has 0 saturated carbocycles. The molecule has 0 radical (unpaired) electrons. The van der Waals surface area contributed by atoms with Gasteiger partial charge in [0.1, 0.15) is 0 Å². The first-order chi connectivity index (χ1) is 9.50. The van der Waals surface area contributed by atoms with Gasteiger partial charge in [-0.05, 0) is 29.6 Å². The van der Waals surface area contributed by atoms with E-state index in [2.05, 4.69) is 62.3 Å². The van der Waals surface area contributed by atoms with Crippen molar-refractivity contribution >= 4 is 5.78 Å². The minimum absolute atomic E-state index is 0.0191. The van der Waals surface area contributed by atoms with Crippen molar-refractivity contribution in [1.82, 2.24) is 0 Å². The summed E-state index contributed by atoms with van der Waals surface area (Å²) in [7, 11) is 0. The Balaban J connectivity index is 5.34. The monoisotopic (exact) mass is 296 g/mol. The largest absolute Gasteiger partial charge is 0.512 e. The molecule has 1 N–H and O–H groups in total. The summed E-state index contributed by atoms with van der Waals surface area (Å²) in [6.07, 6.45) is 1.51. The topological polar surface area (TPSA) is 37.3 Å². The number of carbonyl (C=O) groups excluding carboxylic acids is 1. The lowest BCUT2D eigenvalue weighted by molar-refractivity contribution is -0.121. The van der Waals surface area contributed by atoms with E-state index in [0.717, 1.165) is 0 Å². The number of aliphatic hydroxyl groups excluding tert-OH is 1. The predicted octanol–water partition coefficient (Wildman–Crippen LogP) is 5.49. The molecule has 0 rings (SSSR count). The molecule has 0 bridgehead atoms. The summed E-state index contributed by atoms with van der Waals surface area (Å²) >= 11 is 0. The summed E-state index contributed by atoms with van der Waals surface area (Å²) in [5.74, 6) is 2.11. The van der Waals surface area contributed by atoms with Gasteiger partial charge in [0.2, 0.25) is 0 Å². The van der Waals surface area contributed by atoms with Crippen LogP contribution in [0.2, 0.25) is 0 Å². The van der Waals surface area contributed by atoms with Gasteiger partial charge in [0.15, 0.2) is 5.78 Å². The number of ketones is 1. The third-order valence-corrected chi connectivity index (χ3v) is 4.73. The maximum absolute atomic E-state index is 12.5. The molecule has 0 aromatic carbocycles. The van der Waals surface area contributed by atoms with Gasteiger partial charge in [-0.15, -0.1) is 0 Å². The molecule has 0 aromatic heterocycles. The maximum Gasteiger partial charge on any atom is 0.162 e. The standard InChI is InChI=1S/C19H36O2/c1-11(2)15(9)19(14(7)8)17(21)10-16(20)18(12(3)4)13(5)6/h10-15,18-19,21H,1-9H3. The fourth-order valence-corrected chi connectivity index (χ4v) is 3.40. The van der Waals surface area contributed by atoms with Gasteiger partial charge in [-0.2, -0.15) is 0 Å². The third kappa shape index (κ3) is 5.84. The minimum atomic E-state index is -0.0191. The van der Waals surface area contributed by atoms with Crippen LogP contribution >= 0.6 is 0 Å². The molecule has 0 aliphatic rings. The van der Waals surface area contributed by atoms with Crippen molar-refractivity contribution in [3.8, 4) is 0 Å².